The summed E-state index contributed by atoms with van der Waals surface area (Å²) in [5.41, 5.74) is 0.519. The van der Waals surface area contributed by atoms with Crippen LogP contribution in [0.25, 0.3) is 0 Å². The molecule has 19 heavy (non-hydrogen) atoms. The molecule has 1 aliphatic heterocycles. The average molecular weight is 326 g/mol. The molecular weight excluding hydrogens is 310 g/mol. The number of rotatable bonds is 4. The summed E-state index contributed by atoms with van der Waals surface area (Å²) < 4.78 is 6.11. The minimum atomic E-state index is -0.344. The third kappa shape index (κ3) is 3.56. The molecule has 2 rings (SSSR count). The molecule has 1 aromatic carbocycles. The minimum absolute atomic E-state index is 0.114. The first kappa shape index (κ1) is 14.1. The topological polar surface area (TPSA) is 46.6 Å². The van der Waals surface area contributed by atoms with E-state index in [9.17, 15) is 9.59 Å². The molecule has 1 fully saturated rings. The third-order valence-electron chi connectivity index (χ3n) is 3.19. The van der Waals surface area contributed by atoms with Crippen molar-refractivity contribution in [1.82, 2.24) is 4.90 Å². The normalized spacial score (nSPS) is 18.7. The van der Waals surface area contributed by atoms with Gasteiger partial charge in [-0.1, -0.05) is 22.0 Å². The Bertz CT molecular complexity index is 489. The zero-order valence-electron chi connectivity index (χ0n) is 10.8. The molecule has 0 unspecified atom stereocenters. The van der Waals surface area contributed by atoms with Gasteiger partial charge < -0.3 is 9.64 Å². The molecule has 102 valence electrons. The Morgan fingerprint density at radius 3 is 2.95 bits per heavy atom. The second kappa shape index (κ2) is 6.19. The molecule has 0 aliphatic carbocycles. The van der Waals surface area contributed by atoms with Crippen LogP contribution in [0, 0.1) is 5.92 Å². The first-order valence-corrected chi connectivity index (χ1v) is 7.10. The fourth-order valence-electron chi connectivity index (χ4n) is 2.16. The predicted octanol–water partition coefficient (Wildman–Crippen LogP) is 2.47. The van der Waals surface area contributed by atoms with E-state index >= 15 is 0 Å². The summed E-state index contributed by atoms with van der Waals surface area (Å²) in [4.78, 5) is 25.2. The molecule has 0 bridgehead atoms. The first-order valence-electron chi connectivity index (χ1n) is 6.30. The van der Waals surface area contributed by atoms with Gasteiger partial charge in [-0.15, -0.1) is 0 Å². The maximum Gasteiger partial charge on any atom is 0.338 e. The summed E-state index contributed by atoms with van der Waals surface area (Å²) in [7, 11) is 0. The van der Waals surface area contributed by atoms with Crippen molar-refractivity contribution in [3.05, 3.63) is 34.3 Å². The summed E-state index contributed by atoms with van der Waals surface area (Å²) in [6.45, 7) is 3.65. The minimum Gasteiger partial charge on any atom is -0.462 e. The van der Waals surface area contributed by atoms with Gasteiger partial charge >= 0.3 is 5.97 Å². The molecule has 0 N–H and O–H groups in total. The van der Waals surface area contributed by atoms with Crippen molar-refractivity contribution in [3.63, 3.8) is 0 Å². The quantitative estimate of drug-likeness (QED) is 0.799. The number of benzene rings is 1. The molecule has 1 heterocycles. The standard InChI is InChI=1S/C14H16BrNO3/c1-2-16-8-10(6-13(16)17)9-19-14(18)11-4-3-5-12(15)7-11/h3-5,7,10H,2,6,8-9H2,1H3/t10-/m0/s1. The van der Waals surface area contributed by atoms with Gasteiger partial charge in [0.25, 0.3) is 0 Å². The van der Waals surface area contributed by atoms with Crippen molar-refractivity contribution in [2.24, 2.45) is 5.92 Å². The number of hydrogen-bond donors (Lipinski definition) is 0. The lowest BCUT2D eigenvalue weighted by molar-refractivity contribution is -0.127. The smallest absolute Gasteiger partial charge is 0.338 e. The molecule has 0 spiro atoms. The van der Waals surface area contributed by atoms with Gasteiger partial charge in [0.2, 0.25) is 5.91 Å². The van der Waals surface area contributed by atoms with Crippen LogP contribution >= 0.6 is 15.9 Å². The largest absolute Gasteiger partial charge is 0.462 e. The Morgan fingerprint density at radius 2 is 2.32 bits per heavy atom. The third-order valence-corrected chi connectivity index (χ3v) is 3.68. The van der Waals surface area contributed by atoms with Gasteiger partial charge in [0.05, 0.1) is 12.2 Å². The summed E-state index contributed by atoms with van der Waals surface area (Å²) in [5.74, 6) is -0.0849. The second-order valence-electron chi connectivity index (χ2n) is 4.61. The van der Waals surface area contributed by atoms with E-state index in [0.717, 1.165) is 11.0 Å². The van der Waals surface area contributed by atoms with Gasteiger partial charge in [-0.25, -0.2) is 4.79 Å². The van der Waals surface area contributed by atoms with Crippen LogP contribution in [0.5, 0.6) is 0 Å². The van der Waals surface area contributed by atoms with Crippen molar-refractivity contribution in [2.45, 2.75) is 13.3 Å². The molecule has 1 atom stereocenters. The number of amides is 1. The molecule has 4 nitrogen and oxygen atoms in total. The highest BCUT2D eigenvalue weighted by molar-refractivity contribution is 9.10. The first-order chi connectivity index (χ1) is 9.10. The molecule has 1 amide bonds. The van der Waals surface area contributed by atoms with E-state index < -0.39 is 0 Å². The van der Waals surface area contributed by atoms with E-state index in [0.29, 0.717) is 25.1 Å². The number of hydrogen-bond acceptors (Lipinski definition) is 3. The van der Waals surface area contributed by atoms with Crippen LogP contribution in [0.4, 0.5) is 0 Å². The molecule has 0 aromatic heterocycles. The van der Waals surface area contributed by atoms with Crippen molar-refractivity contribution < 1.29 is 14.3 Å². The number of nitrogens with zero attached hydrogens (tertiary/aromatic N) is 1. The number of carbonyl (C=O) groups is 2. The van der Waals surface area contributed by atoms with Gasteiger partial charge in [-0.2, -0.15) is 0 Å². The van der Waals surface area contributed by atoms with E-state index in [2.05, 4.69) is 15.9 Å². The van der Waals surface area contributed by atoms with Crippen molar-refractivity contribution in [2.75, 3.05) is 19.7 Å². The second-order valence-corrected chi connectivity index (χ2v) is 5.53. The van der Waals surface area contributed by atoms with Gasteiger partial charge in [-0.05, 0) is 25.1 Å². The molecule has 1 aliphatic rings. The van der Waals surface area contributed by atoms with E-state index in [1.165, 1.54) is 0 Å². The molecule has 0 radical (unpaired) electrons. The highest BCUT2D eigenvalue weighted by Crippen LogP contribution is 2.18. The van der Waals surface area contributed by atoms with Gasteiger partial charge in [-0.3, -0.25) is 4.79 Å². The zero-order chi connectivity index (χ0) is 13.8. The summed E-state index contributed by atoms with van der Waals surface area (Å²) in [6.07, 6.45) is 0.472. The summed E-state index contributed by atoms with van der Waals surface area (Å²) in [6, 6.07) is 7.08. The lowest BCUT2D eigenvalue weighted by atomic mass is 10.1. The Labute approximate surface area is 120 Å². The maximum absolute atomic E-state index is 11.8. The lowest BCUT2D eigenvalue weighted by Crippen LogP contribution is -2.25. The van der Waals surface area contributed by atoms with Crippen molar-refractivity contribution in [3.8, 4) is 0 Å². The molecule has 0 saturated carbocycles. The van der Waals surface area contributed by atoms with Crippen LogP contribution in [-0.2, 0) is 9.53 Å². The van der Waals surface area contributed by atoms with Crippen LogP contribution in [-0.4, -0.2) is 36.5 Å². The Kier molecular flexibility index (Phi) is 4.58. The van der Waals surface area contributed by atoms with Crippen LogP contribution in [0.2, 0.25) is 0 Å². The van der Waals surface area contributed by atoms with Gasteiger partial charge in [0, 0.05) is 29.9 Å². The fraction of sp³-hybridized carbons (Fsp3) is 0.429. The number of likely N-dealkylation sites (tertiary alicyclic amines) is 1. The lowest BCUT2D eigenvalue weighted by Gasteiger charge is -2.13. The summed E-state index contributed by atoms with van der Waals surface area (Å²) >= 11 is 3.31. The number of ether oxygens (including phenoxy) is 1. The van der Waals surface area contributed by atoms with E-state index in [-0.39, 0.29) is 17.8 Å². The molecular formula is C14H16BrNO3. The van der Waals surface area contributed by atoms with Gasteiger partial charge in [0.1, 0.15) is 0 Å². The Morgan fingerprint density at radius 1 is 1.53 bits per heavy atom. The van der Waals surface area contributed by atoms with Crippen LogP contribution in [0.15, 0.2) is 28.7 Å². The van der Waals surface area contributed by atoms with E-state index in [1.807, 2.05) is 13.0 Å². The predicted molar refractivity (Wildman–Crippen MR) is 74.8 cm³/mol. The Hall–Kier alpha value is -1.36. The van der Waals surface area contributed by atoms with Crippen molar-refractivity contribution in [1.29, 1.82) is 0 Å². The van der Waals surface area contributed by atoms with E-state index in [4.69, 9.17) is 4.74 Å². The van der Waals surface area contributed by atoms with Crippen LogP contribution < -0.4 is 0 Å². The van der Waals surface area contributed by atoms with Crippen molar-refractivity contribution >= 4 is 27.8 Å². The SMILES string of the molecule is CCN1C[C@@H](COC(=O)c2cccc(Br)c2)CC1=O. The monoisotopic (exact) mass is 325 g/mol. The zero-order valence-corrected chi connectivity index (χ0v) is 12.4. The number of halogens is 1. The molecule has 1 aromatic rings. The summed E-state index contributed by atoms with van der Waals surface area (Å²) in [5, 5.41) is 0. The molecule has 5 heteroatoms. The highest BCUT2D eigenvalue weighted by atomic mass is 79.9. The number of carbonyl (C=O) groups excluding carboxylic acids is 2. The molecule has 1 saturated heterocycles. The average Bonchev–Trinajstić information content (AvgIpc) is 2.76. The van der Waals surface area contributed by atoms with Crippen LogP contribution in [0.3, 0.4) is 0 Å². The highest BCUT2D eigenvalue weighted by Gasteiger charge is 2.29. The Balaban J connectivity index is 1.86. The van der Waals surface area contributed by atoms with Crippen LogP contribution in [0.1, 0.15) is 23.7 Å². The maximum atomic E-state index is 11.8. The van der Waals surface area contributed by atoms with E-state index in [1.54, 1.807) is 23.1 Å². The number of esters is 1. The fourth-order valence-corrected chi connectivity index (χ4v) is 2.56. The van der Waals surface area contributed by atoms with Gasteiger partial charge in [0.15, 0.2) is 0 Å².